The van der Waals surface area contributed by atoms with Gasteiger partial charge in [0.15, 0.2) is 6.61 Å². The van der Waals surface area contributed by atoms with Gasteiger partial charge in [-0.2, -0.15) is 0 Å². The Morgan fingerprint density at radius 1 is 1.47 bits per heavy atom. The van der Waals surface area contributed by atoms with Crippen LogP contribution in [0.25, 0.3) is 0 Å². The first-order valence-corrected chi connectivity index (χ1v) is 6.68. The summed E-state index contributed by atoms with van der Waals surface area (Å²) < 4.78 is 5.48. The van der Waals surface area contributed by atoms with E-state index in [0.717, 1.165) is 6.42 Å². The standard InChI is InChI=1S/C14H21ClN2O2/c1-4-14(2,3)17-13(18)9-19-12-7-5-6-11(15)10(12)8-16/h5-7H,4,8-9,16H2,1-3H3,(H,17,18). The third kappa shape index (κ3) is 4.73. The Balaban J connectivity index is 2.63. The van der Waals surface area contributed by atoms with Crippen molar-refractivity contribution in [3.05, 3.63) is 28.8 Å². The molecule has 1 amide bonds. The summed E-state index contributed by atoms with van der Waals surface area (Å²) in [5, 5.41) is 3.45. The fourth-order valence-corrected chi connectivity index (χ4v) is 1.76. The summed E-state index contributed by atoms with van der Waals surface area (Å²) in [4.78, 5) is 11.8. The van der Waals surface area contributed by atoms with E-state index in [1.807, 2.05) is 20.8 Å². The smallest absolute Gasteiger partial charge is 0.258 e. The minimum absolute atomic E-state index is 0.0449. The van der Waals surface area contributed by atoms with Crippen molar-refractivity contribution in [3.8, 4) is 5.75 Å². The van der Waals surface area contributed by atoms with Crippen LogP contribution in [0.15, 0.2) is 18.2 Å². The van der Waals surface area contributed by atoms with E-state index in [9.17, 15) is 4.79 Å². The lowest BCUT2D eigenvalue weighted by Crippen LogP contribution is -2.44. The van der Waals surface area contributed by atoms with Crippen LogP contribution in [-0.2, 0) is 11.3 Å². The number of carbonyl (C=O) groups excluding carboxylic acids is 1. The molecule has 0 bridgehead atoms. The molecule has 1 aromatic carbocycles. The summed E-state index contributed by atoms with van der Waals surface area (Å²) >= 11 is 6.01. The third-order valence-corrected chi connectivity index (χ3v) is 3.35. The van der Waals surface area contributed by atoms with Crippen LogP contribution in [0.2, 0.25) is 5.02 Å². The molecule has 0 fully saturated rings. The van der Waals surface area contributed by atoms with E-state index in [-0.39, 0.29) is 24.6 Å². The molecule has 5 heteroatoms. The zero-order valence-corrected chi connectivity index (χ0v) is 12.4. The molecule has 0 saturated heterocycles. The van der Waals surface area contributed by atoms with Crippen LogP contribution >= 0.6 is 11.6 Å². The predicted octanol–water partition coefficient (Wildman–Crippen LogP) is 2.48. The van der Waals surface area contributed by atoms with Gasteiger partial charge in [-0.05, 0) is 32.4 Å². The molecule has 0 saturated carbocycles. The highest BCUT2D eigenvalue weighted by Gasteiger charge is 2.18. The molecule has 0 heterocycles. The molecular weight excluding hydrogens is 264 g/mol. The zero-order valence-electron chi connectivity index (χ0n) is 11.6. The number of ether oxygens (including phenoxy) is 1. The average Bonchev–Trinajstić information content (AvgIpc) is 2.36. The molecule has 1 rings (SSSR count). The Bertz CT molecular complexity index is 447. The summed E-state index contributed by atoms with van der Waals surface area (Å²) in [5.41, 5.74) is 6.10. The van der Waals surface area contributed by atoms with E-state index in [4.69, 9.17) is 22.1 Å². The van der Waals surface area contributed by atoms with Gasteiger partial charge in [-0.3, -0.25) is 4.79 Å². The molecule has 0 spiro atoms. The molecule has 0 aliphatic carbocycles. The van der Waals surface area contributed by atoms with Gasteiger partial charge in [0, 0.05) is 22.7 Å². The van der Waals surface area contributed by atoms with Crippen molar-refractivity contribution in [2.45, 2.75) is 39.3 Å². The van der Waals surface area contributed by atoms with Crippen molar-refractivity contribution in [1.29, 1.82) is 0 Å². The number of hydrogen-bond donors (Lipinski definition) is 2. The summed E-state index contributed by atoms with van der Waals surface area (Å²) in [7, 11) is 0. The van der Waals surface area contributed by atoms with Crippen LogP contribution in [-0.4, -0.2) is 18.1 Å². The molecule has 106 valence electrons. The van der Waals surface area contributed by atoms with Crippen molar-refractivity contribution in [2.24, 2.45) is 5.73 Å². The lowest BCUT2D eigenvalue weighted by molar-refractivity contribution is -0.124. The monoisotopic (exact) mass is 284 g/mol. The largest absolute Gasteiger partial charge is 0.483 e. The van der Waals surface area contributed by atoms with Crippen LogP contribution in [0.5, 0.6) is 5.75 Å². The van der Waals surface area contributed by atoms with Crippen molar-refractivity contribution in [2.75, 3.05) is 6.61 Å². The first-order chi connectivity index (χ1) is 8.89. The third-order valence-electron chi connectivity index (χ3n) is 3.00. The van der Waals surface area contributed by atoms with Gasteiger partial charge in [-0.15, -0.1) is 0 Å². The van der Waals surface area contributed by atoms with E-state index in [1.54, 1.807) is 18.2 Å². The molecule has 1 aromatic rings. The van der Waals surface area contributed by atoms with Crippen molar-refractivity contribution in [3.63, 3.8) is 0 Å². The highest BCUT2D eigenvalue weighted by atomic mass is 35.5. The minimum Gasteiger partial charge on any atom is -0.483 e. The highest BCUT2D eigenvalue weighted by Crippen LogP contribution is 2.25. The first-order valence-electron chi connectivity index (χ1n) is 6.31. The summed E-state index contributed by atoms with van der Waals surface area (Å²) in [6.45, 7) is 6.18. The molecule has 4 nitrogen and oxygen atoms in total. The topological polar surface area (TPSA) is 64.3 Å². The molecule has 0 radical (unpaired) electrons. The number of amides is 1. The fraction of sp³-hybridized carbons (Fsp3) is 0.500. The van der Waals surface area contributed by atoms with Gasteiger partial charge in [0.05, 0.1) is 0 Å². The predicted molar refractivity (Wildman–Crippen MR) is 77.4 cm³/mol. The second-order valence-electron chi connectivity index (χ2n) is 4.99. The molecular formula is C14H21ClN2O2. The van der Waals surface area contributed by atoms with Crippen molar-refractivity contribution >= 4 is 17.5 Å². The summed E-state index contributed by atoms with van der Waals surface area (Å²) in [6.07, 6.45) is 0.851. The lowest BCUT2D eigenvalue weighted by Gasteiger charge is -2.24. The normalized spacial score (nSPS) is 11.2. The van der Waals surface area contributed by atoms with Gasteiger partial charge in [0.1, 0.15) is 5.75 Å². The van der Waals surface area contributed by atoms with E-state index in [0.29, 0.717) is 16.3 Å². The van der Waals surface area contributed by atoms with Gasteiger partial charge in [-0.1, -0.05) is 24.6 Å². The minimum atomic E-state index is -0.231. The Morgan fingerprint density at radius 2 is 2.16 bits per heavy atom. The number of rotatable bonds is 6. The average molecular weight is 285 g/mol. The number of halogens is 1. The van der Waals surface area contributed by atoms with Gasteiger partial charge in [-0.25, -0.2) is 0 Å². The molecule has 19 heavy (non-hydrogen) atoms. The van der Waals surface area contributed by atoms with Crippen LogP contribution in [0.4, 0.5) is 0 Å². The number of carbonyl (C=O) groups is 1. The maximum atomic E-state index is 11.8. The zero-order chi connectivity index (χ0) is 14.5. The van der Waals surface area contributed by atoms with E-state index >= 15 is 0 Å². The SMILES string of the molecule is CCC(C)(C)NC(=O)COc1cccc(Cl)c1CN. The van der Waals surface area contributed by atoms with Gasteiger partial charge in [0.2, 0.25) is 0 Å². The maximum absolute atomic E-state index is 11.8. The molecule has 0 aromatic heterocycles. The molecule has 0 atom stereocenters. The number of nitrogens with one attached hydrogen (secondary N) is 1. The lowest BCUT2D eigenvalue weighted by atomic mass is 10.0. The van der Waals surface area contributed by atoms with Crippen molar-refractivity contribution < 1.29 is 9.53 Å². The fourth-order valence-electron chi connectivity index (χ4n) is 1.52. The van der Waals surface area contributed by atoms with Gasteiger partial charge in [0.25, 0.3) is 5.91 Å². The molecule has 0 unspecified atom stereocenters. The highest BCUT2D eigenvalue weighted by molar-refractivity contribution is 6.31. The second-order valence-corrected chi connectivity index (χ2v) is 5.40. The van der Waals surface area contributed by atoms with Gasteiger partial charge >= 0.3 is 0 Å². The van der Waals surface area contributed by atoms with Crippen LogP contribution < -0.4 is 15.8 Å². The number of benzene rings is 1. The summed E-state index contributed by atoms with van der Waals surface area (Å²) in [5.74, 6) is 0.397. The van der Waals surface area contributed by atoms with E-state index in [2.05, 4.69) is 5.32 Å². The van der Waals surface area contributed by atoms with E-state index < -0.39 is 0 Å². The first kappa shape index (κ1) is 15.8. The molecule has 3 N–H and O–H groups in total. The van der Waals surface area contributed by atoms with Crippen LogP contribution in [0.3, 0.4) is 0 Å². The quantitative estimate of drug-likeness (QED) is 0.843. The maximum Gasteiger partial charge on any atom is 0.258 e. The van der Waals surface area contributed by atoms with Gasteiger partial charge < -0.3 is 15.8 Å². The number of nitrogens with two attached hydrogens (primary N) is 1. The Hall–Kier alpha value is -1.26. The van der Waals surface area contributed by atoms with Crippen molar-refractivity contribution in [1.82, 2.24) is 5.32 Å². The van der Waals surface area contributed by atoms with E-state index in [1.165, 1.54) is 0 Å². The molecule has 0 aliphatic heterocycles. The number of hydrogen-bond acceptors (Lipinski definition) is 3. The Kier molecular flexibility index (Phi) is 5.63. The Morgan fingerprint density at radius 3 is 2.74 bits per heavy atom. The van der Waals surface area contributed by atoms with Crippen LogP contribution in [0, 0.1) is 0 Å². The summed E-state index contributed by atoms with van der Waals surface area (Å²) in [6, 6.07) is 5.27. The Labute approximate surface area is 119 Å². The second kappa shape index (κ2) is 6.78. The van der Waals surface area contributed by atoms with Crippen LogP contribution in [0.1, 0.15) is 32.8 Å². The molecule has 0 aliphatic rings.